The van der Waals surface area contributed by atoms with Gasteiger partial charge >= 0.3 is 0 Å². The molecule has 2 rings (SSSR count). The van der Waals surface area contributed by atoms with Crippen molar-refractivity contribution in [2.75, 3.05) is 19.5 Å². The Morgan fingerprint density at radius 3 is 2.79 bits per heavy atom. The molecule has 1 aromatic heterocycles. The summed E-state index contributed by atoms with van der Waals surface area (Å²) in [5.74, 6) is -0.647. The van der Waals surface area contributed by atoms with Gasteiger partial charge in [-0.2, -0.15) is 0 Å². The lowest BCUT2D eigenvalue weighted by Gasteiger charge is -2.11. The van der Waals surface area contributed by atoms with Gasteiger partial charge in [0.2, 0.25) is 0 Å². The number of ether oxygens (including phenoxy) is 2. The number of nitrogens with zero attached hydrogens (tertiary/aromatic N) is 1. The zero-order valence-electron chi connectivity index (χ0n) is 13.6. The summed E-state index contributed by atoms with van der Waals surface area (Å²) in [5, 5.41) is 2.63. The van der Waals surface area contributed by atoms with Gasteiger partial charge in [-0.25, -0.2) is 9.37 Å². The van der Waals surface area contributed by atoms with E-state index in [0.29, 0.717) is 24.5 Å². The normalized spacial score (nSPS) is 10.5. The fourth-order valence-corrected chi connectivity index (χ4v) is 2.17. The highest BCUT2D eigenvalue weighted by molar-refractivity contribution is 5.98. The molecule has 0 radical (unpaired) electrons. The molecule has 0 saturated heterocycles. The van der Waals surface area contributed by atoms with Crippen LogP contribution in [0.15, 0.2) is 30.3 Å². The number of anilines is 1. The summed E-state index contributed by atoms with van der Waals surface area (Å²) >= 11 is 0. The quantitative estimate of drug-likeness (QED) is 0.812. The summed E-state index contributed by atoms with van der Waals surface area (Å²) in [6.45, 7) is 2.46. The van der Waals surface area contributed by atoms with Gasteiger partial charge in [0, 0.05) is 19.2 Å². The van der Waals surface area contributed by atoms with Gasteiger partial charge < -0.3 is 20.5 Å². The number of carbonyl (C=O) groups is 1. The van der Waals surface area contributed by atoms with Gasteiger partial charge in [-0.1, -0.05) is 12.1 Å². The number of nitrogens with two attached hydrogens (primary N) is 1. The third-order valence-corrected chi connectivity index (χ3v) is 3.30. The zero-order valence-corrected chi connectivity index (χ0v) is 13.6. The molecular weight excluding hydrogens is 313 g/mol. The van der Waals surface area contributed by atoms with Gasteiger partial charge in [-0.3, -0.25) is 4.79 Å². The maximum absolute atomic E-state index is 14.2. The molecule has 7 heteroatoms. The predicted octanol–water partition coefficient (Wildman–Crippen LogP) is 2.28. The lowest BCUT2D eigenvalue weighted by Crippen LogP contribution is -2.25. The number of hydrogen-bond donors (Lipinski definition) is 2. The molecule has 0 aliphatic heterocycles. The second-order valence-corrected chi connectivity index (χ2v) is 5.01. The van der Waals surface area contributed by atoms with E-state index in [-0.39, 0.29) is 23.7 Å². The molecule has 0 unspecified atom stereocenters. The molecular formula is C17H20FN3O3. The van der Waals surface area contributed by atoms with Crippen LogP contribution < -0.4 is 15.8 Å². The molecule has 24 heavy (non-hydrogen) atoms. The molecule has 0 bridgehead atoms. The summed E-state index contributed by atoms with van der Waals surface area (Å²) in [6, 6.07) is 8.02. The van der Waals surface area contributed by atoms with E-state index >= 15 is 0 Å². The van der Waals surface area contributed by atoms with E-state index in [1.165, 1.54) is 0 Å². The van der Waals surface area contributed by atoms with Crippen molar-refractivity contribution in [2.45, 2.75) is 20.1 Å². The number of carbonyl (C=O) groups excluding carboxylic acids is 1. The van der Waals surface area contributed by atoms with Crippen LogP contribution in [0.25, 0.3) is 0 Å². The van der Waals surface area contributed by atoms with Crippen molar-refractivity contribution in [3.05, 3.63) is 53.0 Å². The molecule has 1 aromatic carbocycles. The third kappa shape index (κ3) is 4.20. The van der Waals surface area contributed by atoms with Crippen molar-refractivity contribution in [1.29, 1.82) is 0 Å². The fraction of sp³-hybridized carbons (Fsp3) is 0.294. The Balaban J connectivity index is 2.07. The Kier molecular flexibility index (Phi) is 6.08. The van der Waals surface area contributed by atoms with E-state index in [0.717, 1.165) is 0 Å². The standard InChI is InChI=1S/C17H20FN3O3/c1-3-24-14-6-4-5-11(15(14)18)9-20-17(22)13-8-7-12(10-23-2)21-16(13)19/h4-8H,3,9-10H2,1-2H3,(H2,19,21)(H,20,22). The molecule has 0 aliphatic carbocycles. The zero-order chi connectivity index (χ0) is 17.5. The van der Waals surface area contributed by atoms with Crippen molar-refractivity contribution < 1.29 is 18.7 Å². The summed E-state index contributed by atoms with van der Waals surface area (Å²) in [5.41, 5.74) is 6.98. The average molecular weight is 333 g/mol. The molecule has 2 aromatic rings. The fourth-order valence-electron chi connectivity index (χ4n) is 2.17. The molecule has 128 valence electrons. The number of pyridine rings is 1. The van der Waals surface area contributed by atoms with E-state index in [1.807, 2.05) is 0 Å². The smallest absolute Gasteiger partial charge is 0.255 e. The second-order valence-electron chi connectivity index (χ2n) is 5.01. The Bertz CT molecular complexity index is 722. The Hall–Kier alpha value is -2.67. The molecule has 0 fully saturated rings. The van der Waals surface area contributed by atoms with Crippen molar-refractivity contribution in [2.24, 2.45) is 0 Å². The number of halogens is 1. The summed E-state index contributed by atoms with van der Waals surface area (Å²) < 4.78 is 24.4. The number of hydrogen-bond acceptors (Lipinski definition) is 5. The van der Waals surface area contributed by atoms with Crippen LogP contribution in [0.1, 0.15) is 28.5 Å². The Morgan fingerprint density at radius 1 is 1.33 bits per heavy atom. The van der Waals surface area contributed by atoms with E-state index in [9.17, 15) is 9.18 Å². The Morgan fingerprint density at radius 2 is 2.12 bits per heavy atom. The molecule has 3 N–H and O–H groups in total. The van der Waals surface area contributed by atoms with Gasteiger partial charge in [-0.15, -0.1) is 0 Å². The number of nitrogens with one attached hydrogen (secondary N) is 1. The van der Waals surface area contributed by atoms with Crippen LogP contribution in [-0.4, -0.2) is 24.6 Å². The van der Waals surface area contributed by atoms with Gasteiger partial charge in [0.05, 0.1) is 24.5 Å². The predicted molar refractivity (Wildman–Crippen MR) is 88.1 cm³/mol. The van der Waals surface area contributed by atoms with Gasteiger partial charge in [0.15, 0.2) is 11.6 Å². The highest BCUT2D eigenvalue weighted by Gasteiger charge is 2.14. The van der Waals surface area contributed by atoms with Crippen molar-refractivity contribution in [1.82, 2.24) is 10.3 Å². The SMILES string of the molecule is CCOc1cccc(CNC(=O)c2ccc(COC)nc2N)c1F. The first-order valence-electron chi connectivity index (χ1n) is 7.49. The van der Waals surface area contributed by atoms with Crippen molar-refractivity contribution in [3.8, 4) is 5.75 Å². The molecule has 0 aliphatic rings. The lowest BCUT2D eigenvalue weighted by molar-refractivity contribution is 0.0951. The van der Waals surface area contributed by atoms with E-state index in [2.05, 4.69) is 10.3 Å². The van der Waals surface area contributed by atoms with Crippen LogP contribution in [0.4, 0.5) is 10.2 Å². The minimum atomic E-state index is -0.485. The van der Waals surface area contributed by atoms with Gasteiger partial charge in [0.25, 0.3) is 5.91 Å². The third-order valence-electron chi connectivity index (χ3n) is 3.30. The number of rotatable bonds is 7. The average Bonchev–Trinajstić information content (AvgIpc) is 2.56. The summed E-state index contributed by atoms with van der Waals surface area (Å²) in [4.78, 5) is 16.3. The van der Waals surface area contributed by atoms with Gasteiger partial charge in [0.1, 0.15) is 5.82 Å². The van der Waals surface area contributed by atoms with E-state index in [4.69, 9.17) is 15.2 Å². The minimum absolute atomic E-state index is 0.0187. The number of benzene rings is 1. The minimum Gasteiger partial charge on any atom is -0.491 e. The van der Waals surface area contributed by atoms with Crippen LogP contribution in [0.2, 0.25) is 0 Å². The topological polar surface area (TPSA) is 86.5 Å². The lowest BCUT2D eigenvalue weighted by atomic mass is 10.1. The largest absolute Gasteiger partial charge is 0.491 e. The number of amides is 1. The highest BCUT2D eigenvalue weighted by atomic mass is 19.1. The maximum Gasteiger partial charge on any atom is 0.255 e. The molecule has 1 heterocycles. The number of methoxy groups -OCH3 is 1. The highest BCUT2D eigenvalue weighted by Crippen LogP contribution is 2.20. The molecule has 6 nitrogen and oxygen atoms in total. The molecule has 0 atom stereocenters. The summed E-state index contributed by atoms with van der Waals surface area (Å²) in [6.07, 6.45) is 0. The van der Waals surface area contributed by atoms with Crippen molar-refractivity contribution in [3.63, 3.8) is 0 Å². The first-order chi connectivity index (χ1) is 11.6. The summed E-state index contributed by atoms with van der Waals surface area (Å²) in [7, 11) is 1.55. The van der Waals surface area contributed by atoms with Crippen LogP contribution in [-0.2, 0) is 17.9 Å². The van der Waals surface area contributed by atoms with Crippen LogP contribution >= 0.6 is 0 Å². The maximum atomic E-state index is 14.2. The second kappa shape index (κ2) is 8.26. The van der Waals surface area contributed by atoms with E-state index in [1.54, 1.807) is 44.4 Å². The first kappa shape index (κ1) is 17.7. The van der Waals surface area contributed by atoms with Crippen LogP contribution in [0.3, 0.4) is 0 Å². The first-order valence-corrected chi connectivity index (χ1v) is 7.49. The van der Waals surface area contributed by atoms with Crippen LogP contribution in [0, 0.1) is 5.82 Å². The number of aromatic nitrogens is 1. The van der Waals surface area contributed by atoms with Crippen molar-refractivity contribution >= 4 is 11.7 Å². The Labute approximate surface area is 139 Å². The number of nitrogen functional groups attached to an aromatic ring is 1. The molecule has 1 amide bonds. The molecule has 0 saturated carbocycles. The molecule has 0 spiro atoms. The van der Waals surface area contributed by atoms with E-state index < -0.39 is 11.7 Å². The monoisotopic (exact) mass is 333 g/mol. The van der Waals surface area contributed by atoms with Crippen LogP contribution in [0.5, 0.6) is 5.75 Å². The van der Waals surface area contributed by atoms with Gasteiger partial charge in [-0.05, 0) is 25.1 Å².